The van der Waals surface area contributed by atoms with E-state index < -0.39 is 41.1 Å². The monoisotopic (exact) mass is 812 g/mol. The van der Waals surface area contributed by atoms with E-state index in [1.807, 2.05) is 12.1 Å². The molecule has 0 saturated heterocycles. The molecule has 16 heteroatoms. The molecule has 0 saturated carbocycles. The molecule has 0 spiro atoms. The van der Waals surface area contributed by atoms with Gasteiger partial charge < -0.3 is 45.5 Å². The number of carbonyl (C=O) groups is 3. The fraction of sp³-hybridized carbons (Fsp3) is 0.548. The summed E-state index contributed by atoms with van der Waals surface area (Å²) in [4.78, 5) is 37.5. The SMILES string of the molecule is COC(C)(C)C(=O)N[C@@H](CCCCC(=N)CC#N)C(=O)COc1ccc(F)cc1.COC(C)(C)C(=O)N[C@@H](CCCCC(=N)CC#N)C(O)COc1ccc(F)cc1. The van der Waals surface area contributed by atoms with Crippen molar-refractivity contribution in [2.24, 2.45) is 0 Å². The van der Waals surface area contributed by atoms with E-state index in [1.165, 1.54) is 62.8 Å². The van der Waals surface area contributed by atoms with Gasteiger partial charge in [-0.05, 0) is 115 Å². The lowest BCUT2D eigenvalue weighted by Gasteiger charge is -2.29. The number of rotatable bonds is 26. The predicted octanol–water partition coefficient (Wildman–Crippen LogP) is 6.15. The molecule has 0 aliphatic rings. The van der Waals surface area contributed by atoms with E-state index in [0.717, 1.165) is 0 Å². The number of Topliss-reactive ketones (excluding diaryl/α,β-unsaturated/α-hetero) is 1. The van der Waals surface area contributed by atoms with E-state index in [2.05, 4.69) is 10.6 Å². The van der Waals surface area contributed by atoms with Gasteiger partial charge in [0.15, 0.2) is 5.78 Å². The number of ketones is 1. The van der Waals surface area contributed by atoms with Crippen LogP contribution in [0.3, 0.4) is 0 Å². The zero-order chi connectivity index (χ0) is 43.7. The van der Waals surface area contributed by atoms with Crippen LogP contribution in [0.15, 0.2) is 48.5 Å². The summed E-state index contributed by atoms with van der Waals surface area (Å²) < 4.78 is 47.2. The summed E-state index contributed by atoms with van der Waals surface area (Å²) in [6.07, 6.45) is 3.57. The van der Waals surface area contributed by atoms with Gasteiger partial charge in [0.1, 0.15) is 53.7 Å². The molecular formula is C42H58F2N6O8. The number of nitriles is 2. The van der Waals surface area contributed by atoms with Crippen LogP contribution in [0.2, 0.25) is 0 Å². The highest BCUT2D eigenvalue weighted by molar-refractivity contribution is 5.92. The van der Waals surface area contributed by atoms with Gasteiger partial charge in [-0.2, -0.15) is 10.5 Å². The van der Waals surface area contributed by atoms with Gasteiger partial charge in [0.25, 0.3) is 11.8 Å². The number of unbranched alkanes of at least 4 members (excludes halogenated alkanes) is 2. The predicted molar refractivity (Wildman–Crippen MR) is 214 cm³/mol. The first-order chi connectivity index (χ1) is 27.4. The van der Waals surface area contributed by atoms with E-state index in [9.17, 15) is 28.3 Å². The lowest BCUT2D eigenvalue weighted by molar-refractivity contribution is -0.142. The van der Waals surface area contributed by atoms with Crippen LogP contribution in [0.5, 0.6) is 11.5 Å². The molecule has 0 bridgehead atoms. The highest BCUT2D eigenvalue weighted by Gasteiger charge is 2.32. The Morgan fingerprint density at radius 1 is 0.724 bits per heavy atom. The number of ether oxygens (including phenoxy) is 4. The van der Waals surface area contributed by atoms with Crippen molar-refractivity contribution in [3.8, 4) is 23.6 Å². The highest BCUT2D eigenvalue weighted by atomic mass is 19.1. The van der Waals surface area contributed by atoms with E-state index in [1.54, 1.807) is 27.7 Å². The average Bonchev–Trinajstić information content (AvgIpc) is 3.19. The molecule has 0 aliphatic carbocycles. The largest absolute Gasteiger partial charge is 0.491 e. The number of carbonyl (C=O) groups excluding carboxylic acids is 3. The molecule has 2 amide bonds. The lowest BCUT2D eigenvalue weighted by atomic mass is 10.00. The quantitative estimate of drug-likeness (QED) is 0.0538. The highest BCUT2D eigenvalue weighted by Crippen LogP contribution is 2.17. The molecule has 0 aromatic heterocycles. The van der Waals surface area contributed by atoms with Crippen molar-refractivity contribution in [1.29, 1.82) is 21.3 Å². The van der Waals surface area contributed by atoms with Crippen molar-refractivity contribution in [2.75, 3.05) is 27.4 Å². The Hall–Kier alpha value is -5.29. The fourth-order valence-electron chi connectivity index (χ4n) is 4.91. The molecule has 0 aliphatic heterocycles. The zero-order valence-corrected chi connectivity index (χ0v) is 34.3. The van der Waals surface area contributed by atoms with Crippen molar-refractivity contribution >= 4 is 29.0 Å². The van der Waals surface area contributed by atoms with E-state index in [-0.39, 0.29) is 43.6 Å². The van der Waals surface area contributed by atoms with Crippen LogP contribution >= 0.6 is 0 Å². The number of hydrogen-bond acceptors (Lipinski definition) is 12. The van der Waals surface area contributed by atoms with E-state index >= 15 is 0 Å². The third-order valence-corrected chi connectivity index (χ3v) is 9.07. The van der Waals surface area contributed by atoms with Gasteiger partial charge in [-0.25, -0.2) is 8.78 Å². The zero-order valence-electron chi connectivity index (χ0n) is 34.3. The summed E-state index contributed by atoms with van der Waals surface area (Å²) in [6.45, 7) is 6.11. The number of halogens is 2. The molecule has 58 heavy (non-hydrogen) atoms. The minimum Gasteiger partial charge on any atom is -0.491 e. The Morgan fingerprint density at radius 2 is 1.16 bits per heavy atom. The van der Waals surface area contributed by atoms with Gasteiger partial charge in [-0.3, -0.25) is 14.4 Å². The summed E-state index contributed by atoms with van der Waals surface area (Å²) in [7, 11) is 2.85. The first-order valence-corrected chi connectivity index (χ1v) is 18.9. The van der Waals surface area contributed by atoms with Crippen molar-refractivity contribution < 1.29 is 47.2 Å². The van der Waals surface area contributed by atoms with Crippen LogP contribution in [0.1, 0.15) is 91.9 Å². The second-order valence-corrected chi connectivity index (χ2v) is 14.4. The Labute approximate surface area is 340 Å². The second kappa shape index (κ2) is 26.6. The van der Waals surface area contributed by atoms with E-state index in [0.29, 0.717) is 74.3 Å². The molecule has 0 heterocycles. The molecule has 1 unspecified atom stereocenters. The van der Waals surface area contributed by atoms with Gasteiger partial charge >= 0.3 is 0 Å². The standard InChI is InChI=1S/C21H30FN3O4.C21H28FN3O4/c2*1-21(2,28-3)20(27)25-18(7-5-4-6-16(24)12-13-23)19(26)14-29-17-10-8-15(22)9-11-17/h8-11,18-19,24,26H,4-7,12,14H2,1-3H3,(H,25,27);8-11,18,24H,4-7,12,14H2,1-3H3,(H,25,27)/t18-,19?;18-/m00/s1. The third-order valence-electron chi connectivity index (χ3n) is 9.07. The van der Waals surface area contributed by atoms with Crippen LogP contribution in [0.4, 0.5) is 8.78 Å². The molecule has 2 aromatic carbocycles. The Morgan fingerprint density at radius 3 is 1.60 bits per heavy atom. The number of methoxy groups -OCH3 is 2. The van der Waals surface area contributed by atoms with Crippen LogP contribution in [-0.2, 0) is 23.9 Å². The molecular weight excluding hydrogens is 754 g/mol. The number of nitrogens with one attached hydrogen (secondary N) is 4. The first-order valence-electron chi connectivity index (χ1n) is 18.9. The number of nitrogens with zero attached hydrogens (tertiary/aromatic N) is 2. The van der Waals surface area contributed by atoms with Crippen LogP contribution in [0.25, 0.3) is 0 Å². The lowest BCUT2D eigenvalue weighted by Crippen LogP contribution is -2.52. The normalized spacial score (nSPS) is 12.6. The average molecular weight is 813 g/mol. The summed E-state index contributed by atoms with van der Waals surface area (Å²) in [5, 5.41) is 48.6. The van der Waals surface area contributed by atoms with Crippen molar-refractivity contribution in [3.05, 3.63) is 60.2 Å². The van der Waals surface area contributed by atoms with Crippen molar-refractivity contribution in [1.82, 2.24) is 10.6 Å². The molecule has 2 aromatic rings. The molecule has 0 radical (unpaired) electrons. The number of aliphatic hydroxyl groups excluding tert-OH is 1. The van der Waals surface area contributed by atoms with Crippen LogP contribution in [-0.4, -0.2) is 91.0 Å². The molecule has 14 nitrogen and oxygen atoms in total. The molecule has 5 N–H and O–H groups in total. The maximum atomic E-state index is 13.0. The number of amides is 2. The van der Waals surface area contributed by atoms with Gasteiger partial charge in [-0.1, -0.05) is 12.8 Å². The van der Waals surface area contributed by atoms with Gasteiger partial charge in [0, 0.05) is 25.6 Å². The van der Waals surface area contributed by atoms with Crippen molar-refractivity contribution in [2.45, 2.75) is 121 Å². The molecule has 2 rings (SSSR count). The maximum Gasteiger partial charge on any atom is 0.252 e. The number of hydrogen-bond donors (Lipinski definition) is 5. The Balaban J connectivity index is 0.000000580. The van der Waals surface area contributed by atoms with Crippen LogP contribution < -0.4 is 20.1 Å². The Kier molecular flexibility index (Phi) is 23.3. The fourth-order valence-corrected chi connectivity index (χ4v) is 4.91. The summed E-state index contributed by atoms with van der Waals surface area (Å²) in [6, 6.07) is 13.3. The summed E-state index contributed by atoms with van der Waals surface area (Å²) in [5.74, 6) is -1.11. The number of benzene rings is 2. The van der Waals surface area contributed by atoms with Crippen molar-refractivity contribution in [3.63, 3.8) is 0 Å². The first kappa shape index (κ1) is 50.7. The minimum absolute atomic E-state index is 0.0752. The van der Waals surface area contributed by atoms with Gasteiger partial charge in [0.2, 0.25) is 0 Å². The number of aliphatic hydroxyl groups is 1. The van der Waals surface area contributed by atoms with Crippen LogP contribution in [0, 0.1) is 45.1 Å². The smallest absolute Gasteiger partial charge is 0.252 e. The van der Waals surface area contributed by atoms with E-state index in [4.69, 9.17) is 40.3 Å². The van der Waals surface area contributed by atoms with Gasteiger partial charge in [-0.15, -0.1) is 0 Å². The summed E-state index contributed by atoms with van der Waals surface area (Å²) in [5.41, 5.74) is -1.43. The minimum atomic E-state index is -1.09. The molecule has 318 valence electrons. The topological polar surface area (TPSA) is 228 Å². The maximum absolute atomic E-state index is 13.0. The summed E-state index contributed by atoms with van der Waals surface area (Å²) >= 11 is 0. The molecule has 3 atom stereocenters. The third kappa shape index (κ3) is 20.2. The Bertz CT molecular complexity index is 1690. The molecule has 0 fully saturated rings. The second-order valence-electron chi connectivity index (χ2n) is 14.4. The van der Waals surface area contributed by atoms with Gasteiger partial charge in [0.05, 0.1) is 37.1 Å².